The molecule has 180 valence electrons. The number of rotatable bonds is 8. The summed E-state index contributed by atoms with van der Waals surface area (Å²) < 4.78 is 5.41. The highest BCUT2D eigenvalue weighted by atomic mass is 32.1. The molecule has 6 nitrogen and oxygen atoms in total. The molecule has 0 unspecified atom stereocenters. The zero-order chi connectivity index (χ0) is 24.9. The molecule has 0 bridgehead atoms. The number of nitrogens with one attached hydrogen (secondary N) is 1. The van der Waals surface area contributed by atoms with Crippen molar-refractivity contribution in [3.63, 3.8) is 0 Å². The molecular weight excluding hydrogens is 470 g/mol. The van der Waals surface area contributed by atoms with Crippen LogP contribution < -0.4 is 5.32 Å². The molecule has 0 saturated carbocycles. The van der Waals surface area contributed by atoms with Gasteiger partial charge < -0.3 is 14.6 Å². The van der Waals surface area contributed by atoms with Gasteiger partial charge in [-0.05, 0) is 36.2 Å². The summed E-state index contributed by atoms with van der Waals surface area (Å²) in [5, 5.41) is 4.56. The molecule has 7 heteroatoms. The van der Waals surface area contributed by atoms with Crippen molar-refractivity contribution in [3.8, 4) is 10.4 Å². The minimum absolute atomic E-state index is 0.159. The maximum Gasteiger partial charge on any atom is 0.274 e. The van der Waals surface area contributed by atoms with E-state index in [-0.39, 0.29) is 11.8 Å². The molecule has 0 aliphatic carbocycles. The van der Waals surface area contributed by atoms with E-state index in [1.807, 2.05) is 73.7 Å². The second-order valence-electron chi connectivity index (χ2n) is 8.38. The Balaban J connectivity index is 1.37. The topological polar surface area (TPSA) is 75.4 Å². The van der Waals surface area contributed by atoms with Gasteiger partial charge in [-0.1, -0.05) is 66.7 Å². The Hall–Kier alpha value is -4.23. The van der Waals surface area contributed by atoms with Crippen molar-refractivity contribution < 1.29 is 14.0 Å². The quantitative estimate of drug-likeness (QED) is 0.289. The lowest BCUT2D eigenvalue weighted by Gasteiger charge is -2.23. The first-order valence-electron chi connectivity index (χ1n) is 11.7. The zero-order valence-electron chi connectivity index (χ0n) is 19.8. The summed E-state index contributed by atoms with van der Waals surface area (Å²) in [5.41, 5.74) is 3.62. The van der Waals surface area contributed by atoms with Gasteiger partial charge in [-0.25, -0.2) is 4.98 Å². The maximum absolute atomic E-state index is 13.8. The van der Waals surface area contributed by atoms with E-state index in [0.29, 0.717) is 36.5 Å². The molecule has 0 spiro atoms. The van der Waals surface area contributed by atoms with E-state index in [1.54, 1.807) is 29.4 Å². The first-order chi connectivity index (χ1) is 17.6. The largest absolute Gasteiger partial charge is 0.464 e. The number of thiazole rings is 1. The second kappa shape index (κ2) is 10.6. The Morgan fingerprint density at radius 2 is 1.69 bits per heavy atom. The van der Waals surface area contributed by atoms with E-state index < -0.39 is 0 Å². The fraction of sp³-hybridized carbons (Fsp3) is 0.138. The number of benzene rings is 3. The summed E-state index contributed by atoms with van der Waals surface area (Å²) >= 11 is 1.51. The van der Waals surface area contributed by atoms with Crippen LogP contribution in [0, 0.1) is 6.92 Å². The second-order valence-corrected chi connectivity index (χ2v) is 9.59. The van der Waals surface area contributed by atoms with Crippen LogP contribution in [0.4, 0.5) is 0 Å². The van der Waals surface area contributed by atoms with Crippen molar-refractivity contribution >= 4 is 34.1 Å². The molecule has 36 heavy (non-hydrogen) atoms. The van der Waals surface area contributed by atoms with Gasteiger partial charge in [0.1, 0.15) is 11.3 Å². The van der Waals surface area contributed by atoms with E-state index in [0.717, 1.165) is 26.4 Å². The smallest absolute Gasteiger partial charge is 0.274 e. The van der Waals surface area contributed by atoms with Crippen molar-refractivity contribution in [3.05, 3.63) is 113 Å². The summed E-state index contributed by atoms with van der Waals surface area (Å²) in [6.07, 6.45) is 1.57. The molecule has 0 radical (unpaired) electrons. The average molecular weight is 496 g/mol. The molecular formula is C29H25N3O3S. The van der Waals surface area contributed by atoms with E-state index in [1.165, 1.54) is 11.3 Å². The molecule has 0 fully saturated rings. The first-order valence-corrected chi connectivity index (χ1v) is 12.5. The van der Waals surface area contributed by atoms with Gasteiger partial charge in [0.05, 0.1) is 21.7 Å². The van der Waals surface area contributed by atoms with Crippen LogP contribution in [-0.4, -0.2) is 34.8 Å². The van der Waals surface area contributed by atoms with Gasteiger partial charge in [0.25, 0.3) is 11.8 Å². The van der Waals surface area contributed by atoms with Crippen molar-refractivity contribution in [2.24, 2.45) is 0 Å². The third-order valence-electron chi connectivity index (χ3n) is 5.88. The van der Waals surface area contributed by atoms with Gasteiger partial charge in [-0.2, -0.15) is 0 Å². The number of carbonyl (C=O) groups is 2. The summed E-state index contributed by atoms with van der Waals surface area (Å²) in [7, 11) is 0. The standard InChI is InChI=1S/C29H25N3O3S/c1-20-31-26(27(36-20)22-11-6-3-7-12-22)29(34)32(19-21-9-4-2-5-10-21)17-16-30-28(33)24-13-8-14-25-23(24)15-18-35-25/h2-15,18H,16-17,19H2,1H3,(H,30,33). The maximum atomic E-state index is 13.8. The van der Waals surface area contributed by atoms with Gasteiger partial charge in [0.2, 0.25) is 0 Å². The molecule has 0 aliphatic heterocycles. The number of aryl methyl sites for hydroxylation is 1. The minimum atomic E-state index is -0.205. The SMILES string of the molecule is Cc1nc(C(=O)N(CCNC(=O)c2cccc3occc23)Cc2ccccc2)c(-c2ccccc2)s1. The summed E-state index contributed by atoms with van der Waals surface area (Å²) in [6, 6.07) is 26.8. The van der Waals surface area contributed by atoms with Crippen LogP contribution in [-0.2, 0) is 6.54 Å². The van der Waals surface area contributed by atoms with Crippen molar-refractivity contribution in [2.75, 3.05) is 13.1 Å². The highest BCUT2D eigenvalue weighted by molar-refractivity contribution is 7.15. The molecule has 2 aromatic heterocycles. The van der Waals surface area contributed by atoms with Crippen LogP contribution in [0.15, 0.2) is 95.6 Å². The molecule has 1 N–H and O–H groups in total. The Kier molecular flexibility index (Phi) is 6.91. The molecule has 0 atom stereocenters. The first kappa shape index (κ1) is 23.5. The van der Waals surface area contributed by atoms with Crippen molar-refractivity contribution in [2.45, 2.75) is 13.5 Å². The van der Waals surface area contributed by atoms with Gasteiger partial charge in [0, 0.05) is 25.0 Å². The van der Waals surface area contributed by atoms with Gasteiger partial charge in [0.15, 0.2) is 0 Å². The number of nitrogens with zero attached hydrogens (tertiary/aromatic N) is 2. The van der Waals surface area contributed by atoms with Crippen LogP contribution >= 0.6 is 11.3 Å². The monoisotopic (exact) mass is 495 g/mol. The van der Waals surface area contributed by atoms with Crippen molar-refractivity contribution in [1.29, 1.82) is 0 Å². The van der Waals surface area contributed by atoms with Gasteiger partial charge in [-0.3, -0.25) is 9.59 Å². The fourth-order valence-corrected chi connectivity index (χ4v) is 5.07. The highest BCUT2D eigenvalue weighted by Gasteiger charge is 2.24. The van der Waals surface area contributed by atoms with Crippen LogP contribution in [0.25, 0.3) is 21.4 Å². The van der Waals surface area contributed by atoms with E-state index in [9.17, 15) is 9.59 Å². The Labute approximate surface area is 213 Å². The molecule has 5 aromatic rings. The normalized spacial score (nSPS) is 10.9. The molecule has 5 rings (SSSR count). The Morgan fingerprint density at radius 1 is 0.944 bits per heavy atom. The Bertz CT molecular complexity index is 1490. The van der Waals surface area contributed by atoms with E-state index in [4.69, 9.17) is 4.42 Å². The van der Waals surface area contributed by atoms with Crippen LogP contribution in [0.5, 0.6) is 0 Å². The van der Waals surface area contributed by atoms with Crippen LogP contribution in [0.2, 0.25) is 0 Å². The zero-order valence-corrected chi connectivity index (χ0v) is 20.6. The Morgan fingerprint density at radius 3 is 2.47 bits per heavy atom. The number of hydrogen-bond donors (Lipinski definition) is 1. The lowest BCUT2D eigenvalue weighted by atomic mass is 10.1. The third-order valence-corrected chi connectivity index (χ3v) is 6.90. The lowest BCUT2D eigenvalue weighted by molar-refractivity contribution is 0.0732. The lowest BCUT2D eigenvalue weighted by Crippen LogP contribution is -2.38. The number of hydrogen-bond acceptors (Lipinski definition) is 5. The van der Waals surface area contributed by atoms with Crippen molar-refractivity contribution in [1.82, 2.24) is 15.2 Å². The van der Waals surface area contributed by atoms with E-state index >= 15 is 0 Å². The number of fused-ring (bicyclic) bond motifs is 1. The van der Waals surface area contributed by atoms with E-state index in [2.05, 4.69) is 10.3 Å². The van der Waals surface area contributed by atoms with Gasteiger partial charge in [-0.15, -0.1) is 11.3 Å². The molecule has 3 aromatic carbocycles. The molecule has 0 aliphatic rings. The number of carbonyl (C=O) groups excluding carboxylic acids is 2. The minimum Gasteiger partial charge on any atom is -0.464 e. The summed E-state index contributed by atoms with van der Waals surface area (Å²) in [4.78, 5) is 33.9. The van der Waals surface area contributed by atoms with Gasteiger partial charge >= 0.3 is 0 Å². The number of amides is 2. The summed E-state index contributed by atoms with van der Waals surface area (Å²) in [5.74, 6) is -0.364. The molecule has 0 saturated heterocycles. The highest BCUT2D eigenvalue weighted by Crippen LogP contribution is 2.31. The van der Waals surface area contributed by atoms with Crippen LogP contribution in [0.3, 0.4) is 0 Å². The van der Waals surface area contributed by atoms with Crippen LogP contribution in [0.1, 0.15) is 31.4 Å². The number of furan rings is 1. The average Bonchev–Trinajstić information content (AvgIpc) is 3.55. The summed E-state index contributed by atoms with van der Waals surface area (Å²) in [6.45, 7) is 2.96. The number of aromatic nitrogens is 1. The fourth-order valence-electron chi connectivity index (χ4n) is 4.15. The molecule has 2 amide bonds. The predicted molar refractivity (Wildman–Crippen MR) is 142 cm³/mol. The predicted octanol–water partition coefficient (Wildman–Crippen LogP) is 5.94. The third kappa shape index (κ3) is 5.06. The molecule has 2 heterocycles.